The Labute approximate surface area is 110 Å². The van der Waals surface area contributed by atoms with Gasteiger partial charge in [0.25, 0.3) is 5.69 Å². The molecule has 0 bridgehead atoms. The average molecular weight is 256 g/mol. The Hall–Kier alpha value is -2.56. The second-order valence-corrected chi connectivity index (χ2v) is 4.24. The van der Waals surface area contributed by atoms with Gasteiger partial charge in [-0.1, -0.05) is 12.1 Å². The van der Waals surface area contributed by atoms with Crippen LogP contribution in [0.4, 0.5) is 17.1 Å². The summed E-state index contributed by atoms with van der Waals surface area (Å²) in [4.78, 5) is 12.4. The SMILES string of the molecule is O=[N+]([O-])c1ccc(N2CCOc3ccccc32)cc1. The van der Waals surface area contributed by atoms with Gasteiger partial charge in [0.2, 0.25) is 0 Å². The summed E-state index contributed by atoms with van der Waals surface area (Å²) in [6.07, 6.45) is 0. The number of hydrogen-bond acceptors (Lipinski definition) is 4. The minimum Gasteiger partial charge on any atom is -0.490 e. The molecule has 0 N–H and O–H groups in total. The first-order valence-electron chi connectivity index (χ1n) is 5.99. The summed E-state index contributed by atoms with van der Waals surface area (Å²) in [6.45, 7) is 1.34. The zero-order valence-corrected chi connectivity index (χ0v) is 10.2. The predicted molar refractivity (Wildman–Crippen MR) is 72.0 cm³/mol. The number of para-hydroxylation sites is 2. The van der Waals surface area contributed by atoms with Crippen LogP contribution in [0.2, 0.25) is 0 Å². The molecule has 19 heavy (non-hydrogen) atoms. The van der Waals surface area contributed by atoms with Gasteiger partial charge in [0, 0.05) is 17.8 Å². The fourth-order valence-electron chi connectivity index (χ4n) is 2.19. The van der Waals surface area contributed by atoms with E-state index < -0.39 is 4.92 Å². The van der Waals surface area contributed by atoms with Gasteiger partial charge in [0.1, 0.15) is 12.4 Å². The molecule has 96 valence electrons. The van der Waals surface area contributed by atoms with Crippen LogP contribution in [0.25, 0.3) is 0 Å². The van der Waals surface area contributed by atoms with Crippen LogP contribution in [0.3, 0.4) is 0 Å². The van der Waals surface area contributed by atoms with E-state index in [0.29, 0.717) is 6.61 Å². The molecule has 5 heteroatoms. The van der Waals surface area contributed by atoms with Crippen molar-refractivity contribution in [1.82, 2.24) is 0 Å². The highest BCUT2D eigenvalue weighted by Gasteiger charge is 2.19. The second-order valence-electron chi connectivity index (χ2n) is 4.24. The van der Waals surface area contributed by atoms with Crippen LogP contribution in [0.1, 0.15) is 0 Å². The van der Waals surface area contributed by atoms with E-state index in [2.05, 4.69) is 4.90 Å². The molecular formula is C14H12N2O3. The molecule has 3 rings (SSSR count). The van der Waals surface area contributed by atoms with Gasteiger partial charge < -0.3 is 9.64 Å². The summed E-state index contributed by atoms with van der Waals surface area (Å²) < 4.78 is 5.59. The van der Waals surface area contributed by atoms with Crippen molar-refractivity contribution in [3.63, 3.8) is 0 Å². The van der Waals surface area contributed by atoms with Gasteiger partial charge in [-0.3, -0.25) is 10.1 Å². The largest absolute Gasteiger partial charge is 0.490 e. The van der Waals surface area contributed by atoms with E-state index in [1.165, 1.54) is 12.1 Å². The highest BCUT2D eigenvalue weighted by Crippen LogP contribution is 2.36. The van der Waals surface area contributed by atoms with Crippen LogP contribution in [-0.4, -0.2) is 18.1 Å². The molecule has 2 aromatic rings. The van der Waals surface area contributed by atoms with Crippen molar-refractivity contribution in [2.24, 2.45) is 0 Å². The average Bonchev–Trinajstić information content (AvgIpc) is 2.47. The lowest BCUT2D eigenvalue weighted by Crippen LogP contribution is -2.28. The van der Waals surface area contributed by atoms with Crippen molar-refractivity contribution in [3.8, 4) is 5.75 Å². The zero-order valence-electron chi connectivity index (χ0n) is 10.2. The maximum atomic E-state index is 10.7. The summed E-state index contributed by atoms with van der Waals surface area (Å²) >= 11 is 0. The Morgan fingerprint density at radius 2 is 1.84 bits per heavy atom. The van der Waals surface area contributed by atoms with E-state index in [4.69, 9.17) is 4.74 Å². The first kappa shape index (κ1) is 11.5. The molecular weight excluding hydrogens is 244 g/mol. The van der Waals surface area contributed by atoms with Crippen molar-refractivity contribution in [2.75, 3.05) is 18.1 Å². The highest BCUT2D eigenvalue weighted by molar-refractivity contribution is 5.70. The number of benzene rings is 2. The van der Waals surface area contributed by atoms with Crippen LogP contribution in [0, 0.1) is 10.1 Å². The van der Waals surface area contributed by atoms with Gasteiger partial charge in [-0.2, -0.15) is 0 Å². The Balaban J connectivity index is 1.97. The van der Waals surface area contributed by atoms with Gasteiger partial charge in [0.15, 0.2) is 0 Å². The van der Waals surface area contributed by atoms with E-state index in [0.717, 1.165) is 23.7 Å². The molecule has 1 aliphatic rings. The maximum absolute atomic E-state index is 10.7. The lowest BCUT2D eigenvalue weighted by Gasteiger charge is -2.31. The van der Waals surface area contributed by atoms with E-state index in [-0.39, 0.29) is 5.69 Å². The molecule has 0 aromatic heterocycles. The summed E-state index contributed by atoms with van der Waals surface area (Å²) in [5.74, 6) is 0.840. The number of anilines is 2. The summed E-state index contributed by atoms with van der Waals surface area (Å²) in [5, 5.41) is 10.7. The highest BCUT2D eigenvalue weighted by atomic mass is 16.6. The Morgan fingerprint density at radius 3 is 2.58 bits per heavy atom. The van der Waals surface area contributed by atoms with Crippen LogP contribution in [0.15, 0.2) is 48.5 Å². The third-order valence-corrected chi connectivity index (χ3v) is 3.10. The third kappa shape index (κ3) is 2.10. The van der Waals surface area contributed by atoms with E-state index >= 15 is 0 Å². The van der Waals surface area contributed by atoms with E-state index in [1.807, 2.05) is 24.3 Å². The van der Waals surface area contributed by atoms with Crippen molar-refractivity contribution in [3.05, 3.63) is 58.6 Å². The lowest BCUT2D eigenvalue weighted by molar-refractivity contribution is -0.384. The first-order chi connectivity index (χ1) is 9.25. The fraction of sp³-hybridized carbons (Fsp3) is 0.143. The van der Waals surface area contributed by atoms with E-state index in [1.54, 1.807) is 12.1 Å². The van der Waals surface area contributed by atoms with Crippen molar-refractivity contribution >= 4 is 17.1 Å². The number of rotatable bonds is 2. The molecule has 0 aliphatic carbocycles. The summed E-state index contributed by atoms with van der Waals surface area (Å²) in [7, 11) is 0. The number of hydrogen-bond donors (Lipinski definition) is 0. The van der Waals surface area contributed by atoms with Gasteiger partial charge in [-0.15, -0.1) is 0 Å². The third-order valence-electron chi connectivity index (χ3n) is 3.10. The number of nitrogens with zero attached hydrogens (tertiary/aromatic N) is 2. The summed E-state index contributed by atoms with van der Waals surface area (Å²) in [6, 6.07) is 14.4. The van der Waals surface area contributed by atoms with Crippen LogP contribution in [0.5, 0.6) is 5.75 Å². The topological polar surface area (TPSA) is 55.6 Å². The minimum absolute atomic E-state index is 0.102. The van der Waals surface area contributed by atoms with Crippen molar-refractivity contribution in [1.29, 1.82) is 0 Å². The van der Waals surface area contributed by atoms with Gasteiger partial charge in [0.05, 0.1) is 17.2 Å². The second kappa shape index (κ2) is 4.61. The molecule has 0 saturated heterocycles. The molecule has 0 saturated carbocycles. The van der Waals surface area contributed by atoms with Gasteiger partial charge in [-0.25, -0.2) is 0 Å². The quantitative estimate of drug-likeness (QED) is 0.612. The molecule has 0 unspecified atom stereocenters. The maximum Gasteiger partial charge on any atom is 0.269 e. The molecule has 5 nitrogen and oxygen atoms in total. The molecule has 0 fully saturated rings. The van der Waals surface area contributed by atoms with E-state index in [9.17, 15) is 10.1 Å². The molecule has 0 spiro atoms. The molecule has 1 heterocycles. The number of nitro groups is 1. The molecule has 2 aromatic carbocycles. The number of non-ortho nitro benzene ring substituents is 1. The van der Waals surface area contributed by atoms with Crippen molar-refractivity contribution < 1.29 is 9.66 Å². The Kier molecular flexibility index (Phi) is 2.79. The Morgan fingerprint density at radius 1 is 1.11 bits per heavy atom. The Bertz CT molecular complexity index is 610. The fourth-order valence-corrected chi connectivity index (χ4v) is 2.19. The van der Waals surface area contributed by atoms with Crippen LogP contribution >= 0.6 is 0 Å². The minimum atomic E-state index is -0.392. The molecule has 0 atom stereocenters. The standard InChI is InChI=1S/C14H12N2O3/c17-16(18)12-7-5-11(6-8-12)15-9-10-19-14-4-2-1-3-13(14)15/h1-8H,9-10H2. The van der Waals surface area contributed by atoms with Crippen LogP contribution < -0.4 is 9.64 Å². The van der Waals surface area contributed by atoms with Crippen molar-refractivity contribution in [2.45, 2.75) is 0 Å². The predicted octanol–water partition coefficient (Wildman–Crippen LogP) is 3.13. The number of nitro benzene ring substituents is 1. The summed E-state index contributed by atoms with van der Waals surface area (Å²) in [5.41, 5.74) is 2.02. The number of ether oxygens (including phenoxy) is 1. The molecule has 0 amide bonds. The van der Waals surface area contributed by atoms with Crippen LogP contribution in [-0.2, 0) is 0 Å². The number of fused-ring (bicyclic) bond motifs is 1. The monoisotopic (exact) mass is 256 g/mol. The first-order valence-corrected chi connectivity index (χ1v) is 5.99. The lowest BCUT2D eigenvalue weighted by atomic mass is 10.2. The molecule has 0 radical (unpaired) electrons. The van der Waals surface area contributed by atoms with Gasteiger partial charge >= 0.3 is 0 Å². The van der Waals surface area contributed by atoms with Gasteiger partial charge in [-0.05, 0) is 24.3 Å². The smallest absolute Gasteiger partial charge is 0.269 e. The normalized spacial score (nSPS) is 13.6. The molecule has 1 aliphatic heterocycles. The zero-order chi connectivity index (χ0) is 13.2.